The lowest BCUT2D eigenvalue weighted by Gasteiger charge is -2.09. The summed E-state index contributed by atoms with van der Waals surface area (Å²) in [5.41, 5.74) is 1.52. The Kier molecular flexibility index (Phi) is 6.27. The van der Waals surface area contributed by atoms with Gasteiger partial charge in [-0.05, 0) is 42.8 Å². The number of sulfone groups is 1. The van der Waals surface area contributed by atoms with E-state index >= 15 is 0 Å². The molecule has 0 aliphatic carbocycles. The molecule has 0 aromatic heterocycles. The van der Waals surface area contributed by atoms with Gasteiger partial charge < -0.3 is 14.6 Å². The monoisotopic (exact) mass is 385 g/mol. The van der Waals surface area contributed by atoms with Gasteiger partial charge in [-0.15, -0.1) is 0 Å². The van der Waals surface area contributed by atoms with E-state index < -0.39 is 9.84 Å². The molecule has 2 aromatic carbocycles. The molecule has 0 amide bonds. The van der Waals surface area contributed by atoms with Gasteiger partial charge in [-0.3, -0.25) is 0 Å². The number of rotatable bonds is 6. The number of phenols is 1. The zero-order valence-electron chi connectivity index (χ0n) is 15.1. The van der Waals surface area contributed by atoms with E-state index in [1.807, 2.05) is 6.92 Å². The van der Waals surface area contributed by atoms with Crippen LogP contribution in [0.1, 0.15) is 11.1 Å². The molecule has 0 unspecified atom stereocenters. The molecule has 0 spiro atoms. The second-order valence-electron chi connectivity index (χ2n) is 5.59. The van der Waals surface area contributed by atoms with E-state index in [1.165, 1.54) is 38.5 Å². The molecule has 0 saturated carbocycles. The standard InChI is InChI=1S/C20H19NO5S/c1-14-7-9-16(10-8-14)27(23,24)17(13-21)6-4-5-15-11-18(25-2)20(22)19(12-15)26-3/h4-12,22H,1-3H3/b5-4+,17-6+. The van der Waals surface area contributed by atoms with Crippen LogP contribution in [0.2, 0.25) is 0 Å². The molecule has 0 fully saturated rings. The Morgan fingerprint density at radius 1 is 1.11 bits per heavy atom. The first-order chi connectivity index (χ1) is 12.8. The van der Waals surface area contributed by atoms with E-state index in [0.717, 1.165) is 5.56 Å². The van der Waals surface area contributed by atoms with Crippen molar-refractivity contribution in [2.24, 2.45) is 0 Å². The summed E-state index contributed by atoms with van der Waals surface area (Å²) in [6.07, 6.45) is 4.24. The number of hydrogen-bond acceptors (Lipinski definition) is 6. The number of phenolic OH excluding ortho intramolecular Hbond substituents is 1. The van der Waals surface area contributed by atoms with Gasteiger partial charge in [0.15, 0.2) is 11.5 Å². The van der Waals surface area contributed by atoms with Crippen molar-refractivity contribution in [2.45, 2.75) is 11.8 Å². The van der Waals surface area contributed by atoms with Crippen LogP contribution < -0.4 is 9.47 Å². The van der Waals surface area contributed by atoms with Crippen LogP contribution in [-0.2, 0) is 9.84 Å². The summed E-state index contributed by atoms with van der Waals surface area (Å²) in [5.74, 6) is 0.295. The minimum atomic E-state index is -3.90. The maximum absolute atomic E-state index is 12.6. The average molecular weight is 385 g/mol. The van der Waals surface area contributed by atoms with Gasteiger partial charge in [0.25, 0.3) is 0 Å². The van der Waals surface area contributed by atoms with E-state index in [-0.39, 0.29) is 27.0 Å². The zero-order chi connectivity index (χ0) is 20.0. The van der Waals surface area contributed by atoms with Crippen molar-refractivity contribution < 1.29 is 23.0 Å². The number of ether oxygens (including phenoxy) is 2. The highest BCUT2D eigenvalue weighted by Crippen LogP contribution is 2.37. The molecule has 140 valence electrons. The van der Waals surface area contributed by atoms with Gasteiger partial charge in [0.05, 0.1) is 19.1 Å². The first-order valence-electron chi connectivity index (χ1n) is 7.88. The lowest BCUT2D eigenvalue weighted by Crippen LogP contribution is -2.03. The van der Waals surface area contributed by atoms with Crippen LogP contribution in [0.3, 0.4) is 0 Å². The molecular weight excluding hydrogens is 366 g/mol. The van der Waals surface area contributed by atoms with Crippen LogP contribution in [0.5, 0.6) is 17.2 Å². The zero-order valence-corrected chi connectivity index (χ0v) is 15.9. The Morgan fingerprint density at radius 2 is 1.67 bits per heavy atom. The van der Waals surface area contributed by atoms with Gasteiger partial charge in [0.1, 0.15) is 11.0 Å². The van der Waals surface area contributed by atoms with Crippen LogP contribution in [0, 0.1) is 18.3 Å². The maximum Gasteiger partial charge on any atom is 0.216 e. The normalized spacial score (nSPS) is 12.0. The summed E-state index contributed by atoms with van der Waals surface area (Å²) in [7, 11) is -1.08. The van der Waals surface area contributed by atoms with Gasteiger partial charge in [-0.2, -0.15) is 5.26 Å². The van der Waals surface area contributed by atoms with E-state index in [0.29, 0.717) is 5.56 Å². The summed E-state index contributed by atoms with van der Waals surface area (Å²) >= 11 is 0. The Balaban J connectivity index is 2.37. The molecular formula is C20H19NO5S. The van der Waals surface area contributed by atoms with Crippen molar-refractivity contribution in [3.8, 4) is 23.3 Å². The van der Waals surface area contributed by atoms with E-state index in [1.54, 1.807) is 36.4 Å². The van der Waals surface area contributed by atoms with Gasteiger partial charge in [-0.25, -0.2) is 8.42 Å². The summed E-state index contributed by atoms with van der Waals surface area (Å²) in [5, 5.41) is 19.2. The third-order valence-electron chi connectivity index (χ3n) is 3.77. The molecule has 2 rings (SSSR count). The van der Waals surface area contributed by atoms with E-state index in [2.05, 4.69) is 0 Å². The Morgan fingerprint density at radius 3 is 2.15 bits per heavy atom. The number of aryl methyl sites for hydroxylation is 1. The lowest BCUT2D eigenvalue weighted by molar-refractivity contribution is 0.340. The van der Waals surface area contributed by atoms with Crippen LogP contribution in [0.15, 0.2) is 58.4 Å². The fourth-order valence-electron chi connectivity index (χ4n) is 2.29. The minimum absolute atomic E-state index is 0.0577. The largest absolute Gasteiger partial charge is 0.502 e. The fraction of sp³-hybridized carbons (Fsp3) is 0.150. The third kappa shape index (κ3) is 4.49. The highest BCUT2D eigenvalue weighted by molar-refractivity contribution is 7.95. The van der Waals surface area contributed by atoms with Crippen molar-refractivity contribution in [1.82, 2.24) is 0 Å². The van der Waals surface area contributed by atoms with Crippen molar-refractivity contribution in [3.05, 3.63) is 64.6 Å². The molecule has 0 heterocycles. The highest BCUT2D eigenvalue weighted by Gasteiger charge is 2.19. The van der Waals surface area contributed by atoms with Gasteiger partial charge in [0, 0.05) is 0 Å². The highest BCUT2D eigenvalue weighted by atomic mass is 32.2. The molecule has 0 aliphatic rings. The Hall–Kier alpha value is -3.24. The molecule has 1 N–H and O–H groups in total. The number of nitrogens with zero attached hydrogens (tertiary/aromatic N) is 1. The van der Waals surface area contributed by atoms with E-state index in [9.17, 15) is 18.8 Å². The molecule has 0 atom stereocenters. The van der Waals surface area contributed by atoms with Gasteiger partial charge in [-0.1, -0.05) is 29.8 Å². The van der Waals surface area contributed by atoms with Crippen LogP contribution in [-0.4, -0.2) is 27.7 Å². The summed E-state index contributed by atoms with van der Waals surface area (Å²) in [4.78, 5) is -0.317. The van der Waals surface area contributed by atoms with Crippen molar-refractivity contribution in [2.75, 3.05) is 14.2 Å². The Bertz CT molecular complexity index is 1000. The van der Waals surface area contributed by atoms with Crippen molar-refractivity contribution in [3.63, 3.8) is 0 Å². The topological polar surface area (TPSA) is 96.6 Å². The predicted octanol–water partition coefficient (Wildman–Crippen LogP) is 3.61. The Labute approximate surface area is 158 Å². The number of nitriles is 1. The quantitative estimate of drug-likeness (QED) is 0.603. The molecule has 27 heavy (non-hydrogen) atoms. The second kappa shape index (κ2) is 8.43. The fourth-order valence-corrected chi connectivity index (χ4v) is 3.41. The average Bonchev–Trinajstić information content (AvgIpc) is 2.66. The smallest absolute Gasteiger partial charge is 0.216 e. The van der Waals surface area contributed by atoms with Crippen LogP contribution in [0.4, 0.5) is 0 Å². The SMILES string of the molecule is COc1cc(/C=C/C=C(\C#N)S(=O)(=O)c2ccc(C)cc2)cc(OC)c1O. The summed E-state index contributed by atoms with van der Waals surface area (Å²) in [6.45, 7) is 1.85. The van der Waals surface area contributed by atoms with Crippen molar-refractivity contribution in [1.29, 1.82) is 5.26 Å². The lowest BCUT2D eigenvalue weighted by atomic mass is 10.1. The molecule has 7 heteroatoms. The maximum atomic E-state index is 12.6. The second-order valence-corrected chi connectivity index (χ2v) is 7.51. The molecule has 0 radical (unpaired) electrons. The summed E-state index contributed by atoms with van der Waals surface area (Å²) < 4.78 is 35.3. The van der Waals surface area contributed by atoms with Crippen LogP contribution in [0.25, 0.3) is 6.08 Å². The summed E-state index contributed by atoms with van der Waals surface area (Å²) in [6, 6.07) is 11.1. The molecule has 0 aliphatic heterocycles. The predicted molar refractivity (Wildman–Crippen MR) is 102 cm³/mol. The van der Waals surface area contributed by atoms with Crippen molar-refractivity contribution >= 4 is 15.9 Å². The van der Waals surface area contributed by atoms with Gasteiger partial charge in [0.2, 0.25) is 15.6 Å². The number of hydrogen-bond donors (Lipinski definition) is 1. The number of benzene rings is 2. The third-order valence-corrected chi connectivity index (χ3v) is 5.47. The number of allylic oxidation sites excluding steroid dienone is 3. The van der Waals surface area contributed by atoms with Crippen LogP contribution >= 0.6 is 0 Å². The number of aromatic hydroxyl groups is 1. The van der Waals surface area contributed by atoms with Gasteiger partial charge >= 0.3 is 0 Å². The number of methoxy groups -OCH3 is 2. The van der Waals surface area contributed by atoms with E-state index in [4.69, 9.17) is 9.47 Å². The molecule has 2 aromatic rings. The molecule has 0 saturated heterocycles. The molecule has 0 bridgehead atoms. The molecule has 6 nitrogen and oxygen atoms in total. The minimum Gasteiger partial charge on any atom is -0.502 e. The first-order valence-corrected chi connectivity index (χ1v) is 9.37. The first kappa shape index (κ1) is 20.1.